The number of thiocarbonyl (C=S) groups is 1. The third kappa shape index (κ3) is 7.54. The summed E-state index contributed by atoms with van der Waals surface area (Å²) >= 11 is 4.89. The van der Waals surface area contributed by atoms with Gasteiger partial charge in [-0.2, -0.15) is 13.2 Å². The predicted molar refractivity (Wildman–Crippen MR) is 68.0 cm³/mol. The van der Waals surface area contributed by atoms with Crippen LogP contribution in [0.2, 0.25) is 0 Å². The summed E-state index contributed by atoms with van der Waals surface area (Å²) in [7, 11) is 0. The Kier molecular flexibility index (Phi) is 6.40. The standard InChI is InChI=1S/C11H21F3N2S/c1-4-6-16(8-11(12,13)14)7-5-10(2,3)9(15)17/h4-8H2,1-3H3,(H2,15,17). The first kappa shape index (κ1) is 16.6. The highest BCUT2D eigenvalue weighted by atomic mass is 32.1. The molecule has 17 heavy (non-hydrogen) atoms. The number of nitrogens with zero attached hydrogens (tertiary/aromatic N) is 1. The molecule has 0 aromatic rings. The van der Waals surface area contributed by atoms with E-state index in [0.29, 0.717) is 30.9 Å². The van der Waals surface area contributed by atoms with E-state index < -0.39 is 18.1 Å². The van der Waals surface area contributed by atoms with E-state index in [-0.39, 0.29) is 0 Å². The molecular weight excluding hydrogens is 249 g/mol. The third-order valence-electron chi connectivity index (χ3n) is 2.66. The Morgan fingerprint density at radius 1 is 1.24 bits per heavy atom. The largest absolute Gasteiger partial charge is 0.401 e. The summed E-state index contributed by atoms with van der Waals surface area (Å²) in [6.07, 6.45) is -2.91. The van der Waals surface area contributed by atoms with Crippen molar-refractivity contribution >= 4 is 17.2 Å². The fourth-order valence-electron chi connectivity index (χ4n) is 1.40. The van der Waals surface area contributed by atoms with Crippen LogP contribution in [0.5, 0.6) is 0 Å². The quantitative estimate of drug-likeness (QED) is 0.721. The molecule has 0 aliphatic carbocycles. The van der Waals surface area contributed by atoms with Crippen molar-refractivity contribution in [3.05, 3.63) is 0 Å². The minimum absolute atomic E-state index is 0.348. The van der Waals surface area contributed by atoms with Crippen LogP contribution in [0.3, 0.4) is 0 Å². The number of alkyl halides is 3. The zero-order valence-electron chi connectivity index (χ0n) is 10.6. The second-order valence-corrected chi connectivity index (χ2v) is 5.33. The van der Waals surface area contributed by atoms with Gasteiger partial charge in [0.15, 0.2) is 0 Å². The Bertz CT molecular complexity index is 252. The Morgan fingerprint density at radius 2 is 1.76 bits per heavy atom. The lowest BCUT2D eigenvalue weighted by molar-refractivity contribution is -0.146. The Morgan fingerprint density at radius 3 is 2.12 bits per heavy atom. The van der Waals surface area contributed by atoms with Crippen molar-refractivity contribution in [2.75, 3.05) is 19.6 Å². The van der Waals surface area contributed by atoms with Crippen LogP contribution < -0.4 is 5.73 Å². The van der Waals surface area contributed by atoms with Crippen molar-refractivity contribution in [1.29, 1.82) is 0 Å². The summed E-state index contributed by atoms with van der Waals surface area (Å²) in [5, 5.41) is 0. The molecule has 0 fully saturated rings. The average Bonchev–Trinajstić information content (AvgIpc) is 2.12. The maximum atomic E-state index is 12.3. The molecule has 102 valence electrons. The van der Waals surface area contributed by atoms with E-state index in [1.54, 1.807) is 0 Å². The van der Waals surface area contributed by atoms with Gasteiger partial charge in [0.1, 0.15) is 0 Å². The topological polar surface area (TPSA) is 29.3 Å². The maximum absolute atomic E-state index is 12.3. The van der Waals surface area contributed by atoms with Crippen LogP contribution in [0.15, 0.2) is 0 Å². The van der Waals surface area contributed by atoms with Crippen molar-refractivity contribution in [3.8, 4) is 0 Å². The summed E-state index contributed by atoms with van der Waals surface area (Å²) in [6, 6.07) is 0. The van der Waals surface area contributed by atoms with Gasteiger partial charge in [-0.3, -0.25) is 4.90 Å². The van der Waals surface area contributed by atoms with Crippen molar-refractivity contribution in [1.82, 2.24) is 4.90 Å². The molecule has 0 unspecified atom stereocenters. The van der Waals surface area contributed by atoms with Gasteiger partial charge in [0.2, 0.25) is 0 Å². The Hall–Kier alpha value is -0.360. The molecule has 0 heterocycles. The number of hydrogen-bond donors (Lipinski definition) is 1. The van der Waals surface area contributed by atoms with Gasteiger partial charge in [-0.15, -0.1) is 0 Å². The smallest absolute Gasteiger partial charge is 0.393 e. The maximum Gasteiger partial charge on any atom is 0.401 e. The number of rotatable bonds is 7. The molecule has 0 saturated heterocycles. The van der Waals surface area contributed by atoms with Gasteiger partial charge in [0.25, 0.3) is 0 Å². The molecule has 0 aromatic carbocycles. The monoisotopic (exact) mass is 270 g/mol. The van der Waals surface area contributed by atoms with E-state index >= 15 is 0 Å². The minimum Gasteiger partial charge on any atom is -0.393 e. The molecule has 0 amide bonds. The molecule has 0 spiro atoms. The van der Waals surface area contributed by atoms with Crippen molar-refractivity contribution in [2.45, 2.75) is 39.8 Å². The fourth-order valence-corrected chi connectivity index (χ4v) is 1.50. The summed E-state index contributed by atoms with van der Waals surface area (Å²) in [5.41, 5.74) is 5.15. The van der Waals surface area contributed by atoms with Gasteiger partial charge in [0, 0.05) is 5.41 Å². The van der Waals surface area contributed by atoms with E-state index in [2.05, 4.69) is 0 Å². The van der Waals surface area contributed by atoms with Gasteiger partial charge in [0.05, 0.1) is 11.5 Å². The van der Waals surface area contributed by atoms with Crippen molar-refractivity contribution in [2.24, 2.45) is 11.1 Å². The van der Waals surface area contributed by atoms with E-state index in [1.807, 2.05) is 20.8 Å². The summed E-state index contributed by atoms with van der Waals surface area (Å²) in [6.45, 7) is 5.50. The van der Waals surface area contributed by atoms with E-state index in [0.717, 1.165) is 0 Å². The number of hydrogen-bond acceptors (Lipinski definition) is 2. The van der Waals surface area contributed by atoms with Gasteiger partial charge in [-0.05, 0) is 25.9 Å². The normalized spacial score (nSPS) is 13.1. The van der Waals surface area contributed by atoms with E-state index in [1.165, 1.54) is 4.90 Å². The zero-order valence-corrected chi connectivity index (χ0v) is 11.4. The highest BCUT2D eigenvalue weighted by molar-refractivity contribution is 7.80. The van der Waals surface area contributed by atoms with Crippen LogP contribution in [0.25, 0.3) is 0 Å². The number of halogens is 3. The van der Waals surface area contributed by atoms with Crippen LogP contribution in [-0.4, -0.2) is 35.7 Å². The molecule has 0 aromatic heterocycles. The van der Waals surface area contributed by atoms with Crippen LogP contribution in [0.1, 0.15) is 33.6 Å². The van der Waals surface area contributed by atoms with Crippen molar-refractivity contribution < 1.29 is 13.2 Å². The average molecular weight is 270 g/mol. The minimum atomic E-state index is -4.15. The Labute approximate surface area is 106 Å². The lowest BCUT2D eigenvalue weighted by Crippen LogP contribution is -2.39. The molecule has 2 nitrogen and oxygen atoms in total. The number of nitrogens with two attached hydrogens (primary N) is 1. The molecule has 0 bridgehead atoms. The molecule has 0 atom stereocenters. The second kappa shape index (κ2) is 6.54. The molecule has 0 aliphatic heterocycles. The van der Waals surface area contributed by atoms with Gasteiger partial charge in [-0.25, -0.2) is 0 Å². The van der Waals surface area contributed by atoms with Crippen LogP contribution in [0, 0.1) is 5.41 Å². The summed E-state index contributed by atoms with van der Waals surface area (Å²) in [5.74, 6) is 0. The molecule has 6 heteroatoms. The first-order chi connectivity index (χ1) is 7.58. The lowest BCUT2D eigenvalue weighted by atomic mass is 9.89. The third-order valence-corrected chi connectivity index (χ3v) is 3.22. The summed E-state index contributed by atoms with van der Waals surface area (Å²) in [4.78, 5) is 1.75. The molecule has 0 aliphatic rings. The molecule has 0 saturated carbocycles. The molecule has 2 N–H and O–H groups in total. The van der Waals surface area contributed by atoms with E-state index in [4.69, 9.17) is 18.0 Å². The molecule has 0 radical (unpaired) electrons. The lowest BCUT2D eigenvalue weighted by Gasteiger charge is -2.29. The van der Waals surface area contributed by atoms with Crippen LogP contribution >= 0.6 is 12.2 Å². The highest BCUT2D eigenvalue weighted by Gasteiger charge is 2.31. The SMILES string of the molecule is CCCN(CCC(C)(C)C(N)=S)CC(F)(F)F. The first-order valence-electron chi connectivity index (χ1n) is 5.67. The van der Waals surface area contributed by atoms with E-state index in [9.17, 15) is 13.2 Å². The Balaban J connectivity index is 4.32. The van der Waals surface area contributed by atoms with Gasteiger partial charge < -0.3 is 5.73 Å². The van der Waals surface area contributed by atoms with Crippen molar-refractivity contribution in [3.63, 3.8) is 0 Å². The first-order valence-corrected chi connectivity index (χ1v) is 6.08. The second-order valence-electron chi connectivity index (χ2n) is 4.89. The molecule has 0 rings (SSSR count). The highest BCUT2D eigenvalue weighted by Crippen LogP contribution is 2.23. The van der Waals surface area contributed by atoms with Gasteiger partial charge >= 0.3 is 6.18 Å². The van der Waals surface area contributed by atoms with Crippen LogP contribution in [-0.2, 0) is 0 Å². The fraction of sp³-hybridized carbons (Fsp3) is 0.909. The molecular formula is C11H21F3N2S. The van der Waals surface area contributed by atoms with Crippen LogP contribution in [0.4, 0.5) is 13.2 Å². The zero-order chi connectivity index (χ0) is 13.7. The summed E-state index contributed by atoms with van der Waals surface area (Å²) < 4.78 is 36.9. The van der Waals surface area contributed by atoms with Gasteiger partial charge in [-0.1, -0.05) is 33.0 Å². The predicted octanol–water partition coefficient (Wildman–Crippen LogP) is 2.96.